The van der Waals surface area contributed by atoms with Gasteiger partial charge in [0.05, 0.1) is 11.9 Å². The molecule has 1 aliphatic rings. The van der Waals surface area contributed by atoms with Crippen LogP contribution in [0.4, 0.5) is 4.79 Å². The second-order valence-electron chi connectivity index (χ2n) is 6.35. The minimum atomic E-state index is -0.463. The number of hydrogen-bond donors (Lipinski definition) is 0. The summed E-state index contributed by atoms with van der Waals surface area (Å²) in [5, 5.41) is 4.14. The molecule has 0 atom stereocenters. The Morgan fingerprint density at radius 1 is 1.32 bits per heavy atom. The zero-order valence-corrected chi connectivity index (χ0v) is 13.1. The van der Waals surface area contributed by atoms with Crippen molar-refractivity contribution in [1.82, 2.24) is 19.5 Å². The molecule has 6 heteroatoms. The number of nitrogens with zero attached hydrogens (tertiary/aromatic N) is 4. The smallest absolute Gasteiger partial charge is 0.410 e. The molecule has 1 amide bonds. The van der Waals surface area contributed by atoms with Gasteiger partial charge >= 0.3 is 6.09 Å². The van der Waals surface area contributed by atoms with Crippen molar-refractivity contribution in [2.45, 2.75) is 32.8 Å². The molecule has 3 rings (SSSR count). The summed E-state index contributed by atoms with van der Waals surface area (Å²) in [6.45, 7) is 6.83. The quantitative estimate of drug-likeness (QED) is 0.812. The molecule has 0 fully saturated rings. The van der Waals surface area contributed by atoms with Gasteiger partial charge in [0.2, 0.25) is 0 Å². The monoisotopic (exact) mass is 300 g/mol. The van der Waals surface area contributed by atoms with Crippen molar-refractivity contribution in [3.63, 3.8) is 0 Å². The normalized spacial score (nSPS) is 15.8. The highest BCUT2D eigenvalue weighted by molar-refractivity contribution is 5.72. The van der Waals surface area contributed by atoms with E-state index in [1.807, 2.05) is 45.2 Å². The van der Waals surface area contributed by atoms with Gasteiger partial charge < -0.3 is 9.64 Å². The number of aromatic nitrogens is 3. The molecule has 2 aromatic heterocycles. The van der Waals surface area contributed by atoms with Crippen LogP contribution in [0.1, 0.15) is 32.9 Å². The number of amides is 1. The summed E-state index contributed by atoms with van der Waals surface area (Å²) >= 11 is 0. The Labute approximate surface area is 129 Å². The van der Waals surface area contributed by atoms with E-state index in [9.17, 15) is 4.79 Å². The zero-order chi connectivity index (χ0) is 15.7. The molecular weight excluding hydrogens is 280 g/mol. The van der Waals surface area contributed by atoms with Crippen molar-refractivity contribution < 1.29 is 9.53 Å². The highest BCUT2D eigenvalue weighted by atomic mass is 16.6. The molecule has 0 N–H and O–H groups in total. The Balaban J connectivity index is 1.72. The van der Waals surface area contributed by atoms with Crippen molar-refractivity contribution in [2.75, 3.05) is 13.1 Å². The summed E-state index contributed by atoms with van der Waals surface area (Å²) in [4.78, 5) is 18.3. The van der Waals surface area contributed by atoms with Crippen molar-refractivity contribution in [1.29, 1.82) is 0 Å². The molecule has 0 radical (unpaired) electrons. The molecule has 6 nitrogen and oxygen atoms in total. The number of fused-ring (bicyclic) bond motifs is 1. The molecule has 2 aromatic rings. The highest BCUT2D eigenvalue weighted by Gasteiger charge is 2.24. The Morgan fingerprint density at radius 3 is 2.82 bits per heavy atom. The summed E-state index contributed by atoms with van der Waals surface area (Å²) in [7, 11) is 0. The second kappa shape index (κ2) is 5.44. The first-order chi connectivity index (χ1) is 10.4. The van der Waals surface area contributed by atoms with Gasteiger partial charge in [-0.25, -0.2) is 14.3 Å². The molecule has 0 saturated heterocycles. The van der Waals surface area contributed by atoms with Gasteiger partial charge in [-0.2, -0.15) is 5.10 Å². The molecule has 3 heterocycles. The van der Waals surface area contributed by atoms with Crippen LogP contribution in [0.15, 0.2) is 30.6 Å². The standard InChI is InChI=1S/C16H20N4O2/c1-16(2,3)22-15(21)19-9-5-12(6-10-19)13-7-11-20-14(18-13)4-8-17-20/h4-5,7-8,11H,6,9-10H2,1-3H3. The fraction of sp³-hybridized carbons (Fsp3) is 0.438. The number of carbonyl (C=O) groups is 1. The lowest BCUT2D eigenvalue weighted by atomic mass is 10.0. The lowest BCUT2D eigenvalue weighted by molar-refractivity contribution is 0.0270. The predicted octanol–water partition coefficient (Wildman–Crippen LogP) is 2.75. The SMILES string of the molecule is CC(C)(C)OC(=O)N1CC=C(c2ccn3nccc3n2)CC1. The van der Waals surface area contributed by atoms with E-state index in [1.165, 1.54) is 0 Å². The molecular formula is C16H20N4O2. The third kappa shape index (κ3) is 3.10. The van der Waals surface area contributed by atoms with Gasteiger partial charge in [0.25, 0.3) is 0 Å². The van der Waals surface area contributed by atoms with E-state index in [0.29, 0.717) is 13.1 Å². The topological polar surface area (TPSA) is 59.7 Å². The Kier molecular flexibility index (Phi) is 3.60. The van der Waals surface area contributed by atoms with E-state index in [4.69, 9.17) is 4.74 Å². The highest BCUT2D eigenvalue weighted by Crippen LogP contribution is 2.22. The van der Waals surface area contributed by atoms with E-state index in [0.717, 1.165) is 23.3 Å². The van der Waals surface area contributed by atoms with Crippen LogP contribution in [0.3, 0.4) is 0 Å². The van der Waals surface area contributed by atoms with Crippen LogP contribution in [0.2, 0.25) is 0 Å². The van der Waals surface area contributed by atoms with Crippen LogP contribution in [0.25, 0.3) is 11.2 Å². The van der Waals surface area contributed by atoms with Crippen LogP contribution in [0, 0.1) is 0 Å². The first-order valence-corrected chi connectivity index (χ1v) is 7.40. The summed E-state index contributed by atoms with van der Waals surface area (Å²) in [6, 6.07) is 3.83. The molecule has 0 unspecified atom stereocenters. The van der Waals surface area contributed by atoms with Gasteiger partial charge in [0.1, 0.15) is 5.60 Å². The molecule has 0 aliphatic carbocycles. The maximum Gasteiger partial charge on any atom is 0.410 e. The summed E-state index contributed by atoms with van der Waals surface area (Å²) in [5.74, 6) is 0. The lowest BCUT2D eigenvalue weighted by Crippen LogP contribution is -2.39. The minimum Gasteiger partial charge on any atom is -0.444 e. The third-order valence-electron chi connectivity index (χ3n) is 3.45. The number of rotatable bonds is 1. The van der Waals surface area contributed by atoms with Crippen LogP contribution >= 0.6 is 0 Å². The van der Waals surface area contributed by atoms with Gasteiger partial charge in [0.15, 0.2) is 5.65 Å². The summed E-state index contributed by atoms with van der Waals surface area (Å²) in [6.07, 6.45) is 6.19. The third-order valence-corrected chi connectivity index (χ3v) is 3.45. The van der Waals surface area contributed by atoms with Gasteiger partial charge in [-0.3, -0.25) is 0 Å². The largest absolute Gasteiger partial charge is 0.444 e. The molecule has 0 aromatic carbocycles. The number of hydrogen-bond acceptors (Lipinski definition) is 4. The maximum absolute atomic E-state index is 12.0. The van der Waals surface area contributed by atoms with Crippen molar-refractivity contribution in [3.8, 4) is 0 Å². The van der Waals surface area contributed by atoms with Crippen LogP contribution in [-0.2, 0) is 4.74 Å². The van der Waals surface area contributed by atoms with Crippen LogP contribution in [-0.4, -0.2) is 44.3 Å². The van der Waals surface area contributed by atoms with Gasteiger partial charge in [-0.1, -0.05) is 6.08 Å². The van der Waals surface area contributed by atoms with E-state index in [1.54, 1.807) is 15.6 Å². The minimum absolute atomic E-state index is 0.262. The molecule has 22 heavy (non-hydrogen) atoms. The molecule has 1 aliphatic heterocycles. The van der Waals surface area contributed by atoms with Crippen molar-refractivity contribution in [3.05, 3.63) is 36.3 Å². The van der Waals surface area contributed by atoms with Gasteiger partial charge in [0, 0.05) is 25.4 Å². The van der Waals surface area contributed by atoms with Gasteiger partial charge in [-0.05, 0) is 38.8 Å². The van der Waals surface area contributed by atoms with Crippen LogP contribution < -0.4 is 0 Å². The first-order valence-electron chi connectivity index (χ1n) is 7.40. The Morgan fingerprint density at radius 2 is 2.14 bits per heavy atom. The molecule has 0 saturated carbocycles. The average molecular weight is 300 g/mol. The fourth-order valence-corrected chi connectivity index (χ4v) is 2.39. The average Bonchev–Trinajstić information content (AvgIpc) is 2.93. The van der Waals surface area contributed by atoms with Crippen molar-refractivity contribution in [2.24, 2.45) is 0 Å². The van der Waals surface area contributed by atoms with E-state index < -0.39 is 5.60 Å². The van der Waals surface area contributed by atoms with Crippen LogP contribution in [0.5, 0.6) is 0 Å². The maximum atomic E-state index is 12.0. The summed E-state index contributed by atoms with van der Waals surface area (Å²) < 4.78 is 7.13. The fourth-order valence-electron chi connectivity index (χ4n) is 2.39. The Bertz CT molecular complexity index is 727. The van der Waals surface area contributed by atoms with Crippen molar-refractivity contribution >= 4 is 17.3 Å². The van der Waals surface area contributed by atoms with E-state index in [-0.39, 0.29) is 6.09 Å². The molecule has 116 valence electrons. The number of carbonyl (C=O) groups excluding carboxylic acids is 1. The second-order valence-corrected chi connectivity index (χ2v) is 6.35. The lowest BCUT2D eigenvalue weighted by Gasteiger charge is -2.29. The Hall–Kier alpha value is -2.37. The van der Waals surface area contributed by atoms with E-state index in [2.05, 4.69) is 10.1 Å². The molecule has 0 bridgehead atoms. The summed E-state index contributed by atoms with van der Waals surface area (Å²) in [5.41, 5.74) is 2.46. The van der Waals surface area contributed by atoms with E-state index >= 15 is 0 Å². The number of ether oxygens (including phenoxy) is 1. The molecule has 0 spiro atoms. The van der Waals surface area contributed by atoms with Gasteiger partial charge in [-0.15, -0.1) is 0 Å². The first kappa shape index (κ1) is 14.6. The predicted molar refractivity (Wildman–Crippen MR) is 83.4 cm³/mol. The zero-order valence-electron chi connectivity index (χ0n) is 13.1.